The summed E-state index contributed by atoms with van der Waals surface area (Å²) < 4.78 is 35.6. The van der Waals surface area contributed by atoms with Crippen LogP contribution in [0.2, 0.25) is 0 Å². The van der Waals surface area contributed by atoms with E-state index in [9.17, 15) is 0 Å². The second-order valence-corrected chi connectivity index (χ2v) is 8.10. The van der Waals surface area contributed by atoms with E-state index in [-0.39, 0.29) is 11.3 Å². The largest absolute Gasteiger partial charge is 0.429 e. The predicted octanol–water partition coefficient (Wildman–Crippen LogP) is 7.64. The molecule has 0 fully saturated rings. The van der Waals surface area contributed by atoms with E-state index >= 15 is 8.78 Å². The molecule has 0 aromatic heterocycles. The Kier molecular flexibility index (Phi) is 5.53. The smallest absolute Gasteiger partial charge is 0.427 e. The minimum absolute atomic E-state index is 0.0677. The Labute approximate surface area is 172 Å². The fourth-order valence-electron chi connectivity index (χ4n) is 3.97. The summed E-state index contributed by atoms with van der Waals surface area (Å²) in [4.78, 5) is 0. The lowest BCUT2D eigenvalue weighted by atomic mass is 9.92. The highest BCUT2D eigenvalue weighted by Gasteiger charge is 2.38. The monoisotopic (exact) mass is 394 g/mol. The van der Waals surface area contributed by atoms with E-state index in [4.69, 9.17) is 4.74 Å². The highest BCUT2D eigenvalue weighted by Crippen LogP contribution is 2.39. The van der Waals surface area contributed by atoms with Crippen molar-refractivity contribution in [3.05, 3.63) is 87.0 Å². The highest BCUT2D eigenvalue weighted by atomic mass is 19.3. The van der Waals surface area contributed by atoms with Gasteiger partial charge < -0.3 is 4.74 Å². The van der Waals surface area contributed by atoms with Crippen LogP contribution in [0, 0.1) is 48.5 Å². The molecule has 0 aliphatic carbocycles. The van der Waals surface area contributed by atoms with Crippen molar-refractivity contribution in [1.82, 2.24) is 0 Å². The molecule has 0 unspecified atom stereocenters. The first kappa shape index (κ1) is 21.0. The molecular formula is C26H28F2O. The summed E-state index contributed by atoms with van der Waals surface area (Å²) in [6.45, 7) is 13.3. The van der Waals surface area contributed by atoms with Crippen LogP contribution in [0.3, 0.4) is 0 Å². The quantitative estimate of drug-likeness (QED) is 0.442. The average Bonchev–Trinajstić information content (AvgIpc) is 2.58. The van der Waals surface area contributed by atoms with E-state index in [2.05, 4.69) is 6.07 Å². The molecule has 0 amide bonds. The molecule has 0 atom stereocenters. The van der Waals surface area contributed by atoms with E-state index in [0.717, 1.165) is 33.4 Å². The first-order chi connectivity index (χ1) is 13.5. The van der Waals surface area contributed by atoms with Gasteiger partial charge in [0.1, 0.15) is 5.75 Å². The Balaban J connectivity index is 2.02. The lowest BCUT2D eigenvalue weighted by molar-refractivity contribution is -0.186. The number of alkyl halides is 2. The fraction of sp³-hybridized carbons (Fsp3) is 0.308. The summed E-state index contributed by atoms with van der Waals surface area (Å²) in [5.41, 5.74) is 8.25. The standard InChI is InChI=1S/C26H28F2O/c1-15-8-9-24(18(4)10-15)22-11-19(5)25(20(6)12-22)26(27,28)29-23-13-16(2)21(7)17(3)14-23/h8-14H,1-7H3. The average molecular weight is 395 g/mol. The molecule has 29 heavy (non-hydrogen) atoms. The molecule has 0 saturated carbocycles. The van der Waals surface area contributed by atoms with Gasteiger partial charge in [-0.05, 0) is 105 Å². The number of aryl methyl sites for hydroxylation is 6. The Morgan fingerprint density at radius 2 is 1.21 bits per heavy atom. The summed E-state index contributed by atoms with van der Waals surface area (Å²) in [7, 11) is 0. The number of ether oxygens (including phenoxy) is 1. The van der Waals surface area contributed by atoms with Gasteiger partial charge in [0.15, 0.2) is 0 Å². The van der Waals surface area contributed by atoms with Crippen LogP contribution in [0.4, 0.5) is 8.78 Å². The molecule has 152 valence electrons. The van der Waals surface area contributed by atoms with Gasteiger partial charge in [-0.15, -0.1) is 0 Å². The van der Waals surface area contributed by atoms with Gasteiger partial charge in [0.25, 0.3) is 0 Å². The van der Waals surface area contributed by atoms with Crippen LogP contribution < -0.4 is 4.74 Å². The molecule has 3 rings (SSSR count). The van der Waals surface area contributed by atoms with Crippen LogP contribution >= 0.6 is 0 Å². The Morgan fingerprint density at radius 1 is 0.655 bits per heavy atom. The number of halogens is 2. The number of hydrogen-bond donors (Lipinski definition) is 0. The minimum atomic E-state index is -3.41. The second kappa shape index (κ2) is 7.62. The second-order valence-electron chi connectivity index (χ2n) is 8.10. The topological polar surface area (TPSA) is 9.23 Å². The molecule has 0 bridgehead atoms. The summed E-state index contributed by atoms with van der Waals surface area (Å²) in [6, 6.07) is 13.2. The molecule has 1 nitrogen and oxygen atoms in total. The van der Waals surface area contributed by atoms with E-state index in [1.165, 1.54) is 5.56 Å². The molecule has 3 aromatic rings. The third-order valence-electron chi connectivity index (χ3n) is 5.66. The van der Waals surface area contributed by atoms with Crippen LogP contribution in [-0.2, 0) is 6.11 Å². The molecule has 0 N–H and O–H groups in total. The van der Waals surface area contributed by atoms with Crippen LogP contribution in [0.15, 0.2) is 42.5 Å². The fourth-order valence-corrected chi connectivity index (χ4v) is 3.97. The summed E-state index contributed by atoms with van der Waals surface area (Å²) in [6.07, 6.45) is -3.41. The maximum Gasteiger partial charge on any atom is 0.427 e. The van der Waals surface area contributed by atoms with Gasteiger partial charge in [-0.1, -0.05) is 35.9 Å². The summed E-state index contributed by atoms with van der Waals surface area (Å²) in [5, 5.41) is 0. The van der Waals surface area contributed by atoms with E-state index < -0.39 is 6.11 Å². The van der Waals surface area contributed by atoms with Gasteiger partial charge in [0.05, 0.1) is 5.56 Å². The molecule has 3 aromatic carbocycles. The highest BCUT2D eigenvalue weighted by molar-refractivity contribution is 5.70. The van der Waals surface area contributed by atoms with E-state index in [1.54, 1.807) is 26.0 Å². The molecule has 0 spiro atoms. The van der Waals surface area contributed by atoms with E-state index in [0.29, 0.717) is 11.1 Å². The molecule has 0 aliphatic rings. The maximum absolute atomic E-state index is 15.2. The van der Waals surface area contributed by atoms with Crippen LogP contribution in [0.5, 0.6) is 5.75 Å². The van der Waals surface area contributed by atoms with Gasteiger partial charge in [-0.25, -0.2) is 0 Å². The zero-order valence-corrected chi connectivity index (χ0v) is 18.2. The third-order valence-corrected chi connectivity index (χ3v) is 5.66. The van der Waals surface area contributed by atoms with Crippen molar-refractivity contribution < 1.29 is 13.5 Å². The number of rotatable bonds is 4. The number of hydrogen-bond acceptors (Lipinski definition) is 1. The van der Waals surface area contributed by atoms with Crippen molar-refractivity contribution in [3.63, 3.8) is 0 Å². The third kappa shape index (κ3) is 4.19. The van der Waals surface area contributed by atoms with Gasteiger partial charge in [0.2, 0.25) is 0 Å². The zero-order valence-electron chi connectivity index (χ0n) is 18.2. The van der Waals surface area contributed by atoms with Crippen LogP contribution in [0.25, 0.3) is 11.1 Å². The van der Waals surface area contributed by atoms with Crippen molar-refractivity contribution in [2.75, 3.05) is 0 Å². The predicted molar refractivity (Wildman–Crippen MR) is 116 cm³/mol. The summed E-state index contributed by atoms with van der Waals surface area (Å²) >= 11 is 0. The van der Waals surface area contributed by atoms with Gasteiger partial charge in [-0.2, -0.15) is 8.78 Å². The molecule has 3 heteroatoms. The summed E-state index contributed by atoms with van der Waals surface area (Å²) in [5.74, 6) is 0.188. The van der Waals surface area contributed by atoms with Crippen molar-refractivity contribution in [2.24, 2.45) is 0 Å². The van der Waals surface area contributed by atoms with Gasteiger partial charge >= 0.3 is 6.11 Å². The SMILES string of the molecule is Cc1ccc(-c2cc(C)c(C(F)(F)Oc3cc(C)c(C)c(C)c3)c(C)c2)c(C)c1. The van der Waals surface area contributed by atoms with Crippen molar-refractivity contribution in [1.29, 1.82) is 0 Å². The molecule has 0 saturated heterocycles. The zero-order chi connectivity index (χ0) is 21.5. The van der Waals surface area contributed by atoms with Gasteiger partial charge in [0, 0.05) is 0 Å². The molecule has 0 radical (unpaired) electrons. The first-order valence-corrected chi connectivity index (χ1v) is 9.83. The first-order valence-electron chi connectivity index (χ1n) is 9.83. The van der Waals surface area contributed by atoms with Crippen LogP contribution in [0.1, 0.15) is 44.5 Å². The Hall–Kier alpha value is -2.68. The van der Waals surface area contributed by atoms with Crippen molar-refractivity contribution in [2.45, 2.75) is 54.6 Å². The lowest BCUT2D eigenvalue weighted by Gasteiger charge is -2.24. The molecule has 0 aliphatic heterocycles. The Morgan fingerprint density at radius 3 is 1.72 bits per heavy atom. The van der Waals surface area contributed by atoms with Crippen LogP contribution in [-0.4, -0.2) is 0 Å². The normalized spacial score (nSPS) is 11.6. The van der Waals surface area contributed by atoms with E-state index in [1.807, 2.05) is 58.9 Å². The number of benzene rings is 3. The molecule has 0 heterocycles. The molecular weight excluding hydrogens is 366 g/mol. The minimum Gasteiger partial charge on any atom is -0.429 e. The Bertz CT molecular complexity index is 1030. The maximum atomic E-state index is 15.2. The van der Waals surface area contributed by atoms with Crippen molar-refractivity contribution in [3.8, 4) is 16.9 Å². The van der Waals surface area contributed by atoms with Crippen molar-refractivity contribution >= 4 is 0 Å². The van der Waals surface area contributed by atoms with Gasteiger partial charge in [-0.3, -0.25) is 0 Å². The lowest BCUT2D eigenvalue weighted by Crippen LogP contribution is -2.24.